The zero-order valence-corrected chi connectivity index (χ0v) is 17.8. The van der Waals surface area contributed by atoms with Gasteiger partial charge in [-0.15, -0.1) is 0 Å². The molecule has 0 heterocycles. The van der Waals surface area contributed by atoms with Gasteiger partial charge < -0.3 is 9.84 Å². The Morgan fingerprint density at radius 1 is 1.17 bits per heavy atom. The van der Waals surface area contributed by atoms with Crippen LogP contribution >= 0.6 is 0 Å². The number of hydrogen-bond acceptors (Lipinski definition) is 6. The molecule has 0 aromatic carbocycles. The van der Waals surface area contributed by atoms with E-state index in [9.17, 15) is 24.3 Å². The van der Waals surface area contributed by atoms with Crippen molar-refractivity contribution in [2.45, 2.75) is 77.0 Å². The highest BCUT2D eigenvalue weighted by molar-refractivity contribution is 5.97. The van der Waals surface area contributed by atoms with Crippen molar-refractivity contribution in [2.24, 2.45) is 22.7 Å². The van der Waals surface area contributed by atoms with Gasteiger partial charge in [0.15, 0.2) is 23.8 Å². The van der Waals surface area contributed by atoms with Gasteiger partial charge >= 0.3 is 5.97 Å². The van der Waals surface area contributed by atoms with E-state index in [1.807, 2.05) is 0 Å². The number of halogens is 1. The highest BCUT2D eigenvalue weighted by atomic mass is 19.1. The molecule has 0 bridgehead atoms. The standard InChI is InChI=1S/C23H29FO6/c1-13(25)30-12-19(28)22(29)9-7-16-17-5-4-14-10-15(26)6-8-20(14,2)23(17,24)18(27)11-21(16,22)3/h10,16-17,29H,4-9,11-12H2,1-3H3/t16?,17?,20?,21?,22-,23-/m0/s1. The third-order valence-corrected chi connectivity index (χ3v) is 8.82. The van der Waals surface area contributed by atoms with Gasteiger partial charge in [-0.2, -0.15) is 0 Å². The fourth-order valence-corrected chi connectivity index (χ4v) is 7.04. The van der Waals surface area contributed by atoms with Crippen LogP contribution in [0.15, 0.2) is 11.6 Å². The second-order valence-corrected chi connectivity index (χ2v) is 10.1. The normalized spacial score (nSPS) is 45.2. The highest BCUT2D eigenvalue weighted by Gasteiger charge is 2.74. The van der Waals surface area contributed by atoms with E-state index < -0.39 is 52.2 Å². The van der Waals surface area contributed by atoms with E-state index in [2.05, 4.69) is 0 Å². The fraction of sp³-hybridized carbons (Fsp3) is 0.739. The molecule has 30 heavy (non-hydrogen) atoms. The third kappa shape index (κ3) is 2.50. The minimum absolute atomic E-state index is 0.0241. The lowest BCUT2D eigenvalue weighted by Crippen LogP contribution is -2.68. The molecule has 1 N–H and O–H groups in total. The molecule has 0 radical (unpaired) electrons. The minimum atomic E-state index is -2.11. The van der Waals surface area contributed by atoms with Gasteiger partial charge in [0.05, 0.1) is 0 Å². The van der Waals surface area contributed by atoms with E-state index in [0.717, 1.165) is 0 Å². The summed E-state index contributed by atoms with van der Waals surface area (Å²) in [6, 6.07) is 0. The van der Waals surface area contributed by atoms with Crippen molar-refractivity contribution in [3.8, 4) is 0 Å². The number of ketones is 3. The molecule has 4 unspecified atom stereocenters. The second-order valence-electron chi connectivity index (χ2n) is 10.1. The number of hydrogen-bond donors (Lipinski definition) is 1. The Morgan fingerprint density at radius 3 is 2.53 bits per heavy atom. The summed E-state index contributed by atoms with van der Waals surface area (Å²) in [4.78, 5) is 49.3. The molecule has 4 rings (SSSR count). The molecule has 6 nitrogen and oxygen atoms in total. The number of ether oxygens (including phenoxy) is 1. The van der Waals surface area contributed by atoms with E-state index in [0.29, 0.717) is 31.3 Å². The lowest BCUT2D eigenvalue weighted by atomic mass is 9.44. The van der Waals surface area contributed by atoms with Crippen molar-refractivity contribution in [3.63, 3.8) is 0 Å². The first-order valence-electron chi connectivity index (χ1n) is 10.8. The number of rotatable bonds is 3. The summed E-state index contributed by atoms with van der Waals surface area (Å²) >= 11 is 0. The number of carbonyl (C=O) groups is 4. The smallest absolute Gasteiger partial charge is 0.303 e. The lowest BCUT2D eigenvalue weighted by Gasteiger charge is -2.60. The molecule has 4 aliphatic rings. The SMILES string of the molecule is CC(=O)OCC(=O)[C@@]1(O)CCC2C3CCC4=CC(=O)CCC4(C)[C@@]3(F)C(=O)CC21C. The fourth-order valence-electron chi connectivity index (χ4n) is 7.04. The number of Topliss-reactive ketones (excluding diaryl/α,β-unsaturated/α-hetero) is 2. The maximum Gasteiger partial charge on any atom is 0.303 e. The molecule has 4 aliphatic carbocycles. The molecular formula is C23H29FO6. The largest absolute Gasteiger partial charge is 0.458 e. The molecule has 164 valence electrons. The monoisotopic (exact) mass is 420 g/mol. The lowest BCUT2D eigenvalue weighted by molar-refractivity contribution is -0.190. The Bertz CT molecular complexity index is 879. The first kappa shape index (κ1) is 21.3. The molecule has 0 aliphatic heterocycles. The molecule has 3 fully saturated rings. The number of aliphatic hydroxyl groups is 1. The number of alkyl halides is 1. The zero-order chi connectivity index (χ0) is 22.1. The quantitative estimate of drug-likeness (QED) is 0.705. The Hall–Kier alpha value is -1.89. The molecular weight excluding hydrogens is 391 g/mol. The van der Waals surface area contributed by atoms with Crippen LogP contribution in [-0.4, -0.2) is 46.3 Å². The molecule has 0 saturated heterocycles. The van der Waals surface area contributed by atoms with Gasteiger partial charge in [-0.25, -0.2) is 4.39 Å². The van der Waals surface area contributed by atoms with Gasteiger partial charge in [0.2, 0.25) is 5.78 Å². The van der Waals surface area contributed by atoms with Crippen LogP contribution in [0.3, 0.4) is 0 Å². The number of fused-ring (bicyclic) bond motifs is 5. The average Bonchev–Trinajstić information content (AvgIpc) is 2.94. The van der Waals surface area contributed by atoms with Gasteiger partial charge in [-0.05, 0) is 44.1 Å². The Morgan fingerprint density at radius 2 is 1.87 bits per heavy atom. The predicted molar refractivity (Wildman–Crippen MR) is 104 cm³/mol. The number of carbonyl (C=O) groups excluding carboxylic acids is 4. The van der Waals surface area contributed by atoms with E-state index in [1.54, 1.807) is 13.8 Å². The first-order chi connectivity index (χ1) is 13.9. The van der Waals surface area contributed by atoms with Crippen LogP contribution in [0.5, 0.6) is 0 Å². The average molecular weight is 420 g/mol. The third-order valence-electron chi connectivity index (χ3n) is 8.82. The van der Waals surface area contributed by atoms with Crippen molar-refractivity contribution in [1.82, 2.24) is 0 Å². The Labute approximate surface area is 175 Å². The molecule has 0 amide bonds. The predicted octanol–water partition coefficient (Wildman–Crippen LogP) is 2.65. The van der Waals surface area contributed by atoms with Gasteiger partial charge in [-0.3, -0.25) is 19.2 Å². The Kier molecular flexibility index (Phi) is 4.66. The minimum Gasteiger partial charge on any atom is -0.458 e. The van der Waals surface area contributed by atoms with Crippen LogP contribution in [0.25, 0.3) is 0 Å². The summed E-state index contributed by atoms with van der Waals surface area (Å²) in [5, 5.41) is 11.4. The van der Waals surface area contributed by atoms with Crippen molar-refractivity contribution in [3.05, 3.63) is 11.6 Å². The van der Waals surface area contributed by atoms with Crippen LogP contribution in [0, 0.1) is 22.7 Å². The van der Waals surface area contributed by atoms with Gasteiger partial charge in [0, 0.05) is 36.5 Å². The van der Waals surface area contributed by atoms with Gasteiger partial charge in [0.1, 0.15) is 5.60 Å². The Balaban J connectivity index is 1.72. The van der Waals surface area contributed by atoms with Crippen LogP contribution < -0.4 is 0 Å². The van der Waals surface area contributed by atoms with E-state index in [1.165, 1.54) is 13.0 Å². The van der Waals surface area contributed by atoms with Crippen molar-refractivity contribution in [2.75, 3.05) is 6.61 Å². The second kappa shape index (κ2) is 6.55. The van der Waals surface area contributed by atoms with Crippen LogP contribution in [0.1, 0.15) is 65.7 Å². The van der Waals surface area contributed by atoms with E-state index >= 15 is 4.39 Å². The number of esters is 1. The van der Waals surface area contributed by atoms with Gasteiger partial charge in [0.25, 0.3) is 0 Å². The molecule has 0 aromatic heterocycles. The maximum atomic E-state index is 16.8. The first-order valence-corrected chi connectivity index (χ1v) is 10.8. The van der Waals surface area contributed by atoms with E-state index in [4.69, 9.17) is 4.74 Å². The summed E-state index contributed by atoms with van der Waals surface area (Å²) in [6.07, 6.45) is 3.29. The summed E-state index contributed by atoms with van der Waals surface area (Å²) < 4.78 is 21.6. The number of allylic oxidation sites excluding steroid dienone is 1. The summed E-state index contributed by atoms with van der Waals surface area (Å²) in [5.74, 6) is -2.83. The zero-order valence-electron chi connectivity index (χ0n) is 17.8. The summed E-state index contributed by atoms with van der Waals surface area (Å²) in [6.45, 7) is 4.08. The van der Waals surface area contributed by atoms with Crippen molar-refractivity contribution >= 4 is 23.3 Å². The van der Waals surface area contributed by atoms with Crippen LogP contribution in [-0.2, 0) is 23.9 Å². The van der Waals surface area contributed by atoms with Crippen LogP contribution in [0.4, 0.5) is 4.39 Å². The molecule has 3 saturated carbocycles. The molecule has 6 atom stereocenters. The topological polar surface area (TPSA) is 97.7 Å². The molecule has 0 spiro atoms. The summed E-state index contributed by atoms with van der Waals surface area (Å²) in [5.41, 5.74) is -5.35. The maximum absolute atomic E-state index is 16.8. The summed E-state index contributed by atoms with van der Waals surface area (Å²) in [7, 11) is 0. The molecule has 0 aromatic rings. The highest BCUT2D eigenvalue weighted by Crippen LogP contribution is 2.69. The van der Waals surface area contributed by atoms with Crippen molar-refractivity contribution in [1.29, 1.82) is 0 Å². The van der Waals surface area contributed by atoms with Gasteiger partial charge in [-0.1, -0.05) is 19.4 Å². The van der Waals surface area contributed by atoms with E-state index in [-0.39, 0.29) is 31.0 Å². The molecule has 7 heteroatoms. The van der Waals surface area contributed by atoms with Crippen LogP contribution in [0.2, 0.25) is 0 Å². The van der Waals surface area contributed by atoms with Crippen molar-refractivity contribution < 1.29 is 33.4 Å².